The van der Waals surface area contributed by atoms with Crippen LogP contribution in [-0.2, 0) is 11.3 Å². The second-order valence-electron chi connectivity index (χ2n) is 4.41. The molecule has 0 unspecified atom stereocenters. The van der Waals surface area contributed by atoms with Crippen LogP contribution in [0.15, 0.2) is 30.3 Å². The van der Waals surface area contributed by atoms with Gasteiger partial charge in [-0.3, -0.25) is 0 Å². The van der Waals surface area contributed by atoms with E-state index in [0.29, 0.717) is 6.54 Å². The smallest absolute Gasteiger partial charge is 0.418 e. The van der Waals surface area contributed by atoms with E-state index in [9.17, 15) is 14.7 Å². The number of likely N-dealkylation sites (N-methyl/N-ethyl adjacent to an activating group) is 1. The zero-order valence-electron chi connectivity index (χ0n) is 10.7. The Hall–Kier alpha value is -2.08. The Morgan fingerprint density at radius 1 is 1.42 bits per heavy atom. The number of nitrogens with zero attached hydrogens (tertiary/aromatic N) is 2. The van der Waals surface area contributed by atoms with Gasteiger partial charge in [-0.1, -0.05) is 30.3 Å². The molecule has 1 heterocycles. The topological polar surface area (TPSA) is 70.1 Å². The number of carbonyl (C=O) groups is 2. The predicted molar refractivity (Wildman–Crippen MR) is 67.4 cm³/mol. The number of urea groups is 1. The van der Waals surface area contributed by atoms with Gasteiger partial charge in [-0.2, -0.15) is 0 Å². The summed E-state index contributed by atoms with van der Waals surface area (Å²) in [5.74, 6) is 0. The molecule has 0 radical (unpaired) electrons. The summed E-state index contributed by atoms with van der Waals surface area (Å²) in [4.78, 5) is 26.0. The Morgan fingerprint density at radius 2 is 2.11 bits per heavy atom. The fraction of sp³-hybridized carbons (Fsp3) is 0.385. The summed E-state index contributed by atoms with van der Waals surface area (Å²) in [6.45, 7) is 0.150. The molecule has 3 amide bonds. The van der Waals surface area contributed by atoms with Crippen LogP contribution >= 0.6 is 0 Å². The van der Waals surface area contributed by atoms with Crippen LogP contribution in [0.1, 0.15) is 5.56 Å². The molecule has 1 aromatic carbocycles. The van der Waals surface area contributed by atoms with Crippen molar-refractivity contribution in [3.05, 3.63) is 35.9 Å². The molecule has 0 aromatic heterocycles. The van der Waals surface area contributed by atoms with Gasteiger partial charge in [0.15, 0.2) is 0 Å². The molecule has 0 saturated carbocycles. The number of aliphatic hydroxyl groups is 1. The second-order valence-corrected chi connectivity index (χ2v) is 4.41. The molecule has 0 aliphatic carbocycles. The third-order valence-electron chi connectivity index (χ3n) is 2.99. The van der Waals surface area contributed by atoms with E-state index in [-0.39, 0.29) is 13.2 Å². The first-order chi connectivity index (χ1) is 9.13. The molecule has 1 N–H and O–H groups in total. The highest BCUT2D eigenvalue weighted by atomic mass is 16.6. The lowest BCUT2D eigenvalue weighted by Crippen LogP contribution is -2.41. The van der Waals surface area contributed by atoms with E-state index in [4.69, 9.17) is 4.74 Å². The van der Waals surface area contributed by atoms with Crippen molar-refractivity contribution < 1.29 is 19.4 Å². The quantitative estimate of drug-likeness (QED) is 0.886. The van der Waals surface area contributed by atoms with Crippen LogP contribution in [0.25, 0.3) is 0 Å². The van der Waals surface area contributed by atoms with E-state index in [1.165, 1.54) is 4.90 Å². The predicted octanol–water partition coefficient (Wildman–Crippen LogP) is 1.05. The molecule has 102 valence electrons. The molecule has 19 heavy (non-hydrogen) atoms. The minimum absolute atomic E-state index is 0.102. The lowest BCUT2D eigenvalue weighted by molar-refractivity contribution is 0.0900. The van der Waals surface area contributed by atoms with Gasteiger partial charge in [0.25, 0.3) is 0 Å². The zero-order chi connectivity index (χ0) is 13.8. The highest BCUT2D eigenvalue weighted by Crippen LogP contribution is 2.16. The molecule has 0 bridgehead atoms. The van der Waals surface area contributed by atoms with Crippen molar-refractivity contribution in [2.75, 3.05) is 20.2 Å². The van der Waals surface area contributed by atoms with E-state index in [0.717, 1.165) is 10.5 Å². The Balaban J connectivity index is 1.97. The normalized spacial score (nSPS) is 18.8. The van der Waals surface area contributed by atoms with Crippen LogP contribution in [0.2, 0.25) is 0 Å². The van der Waals surface area contributed by atoms with Crippen molar-refractivity contribution in [1.82, 2.24) is 9.80 Å². The van der Waals surface area contributed by atoms with E-state index in [1.807, 2.05) is 30.3 Å². The van der Waals surface area contributed by atoms with Crippen molar-refractivity contribution in [1.29, 1.82) is 0 Å². The second kappa shape index (κ2) is 5.71. The lowest BCUT2D eigenvalue weighted by atomic mass is 10.2. The molecular formula is C13H16N2O4. The summed E-state index contributed by atoms with van der Waals surface area (Å²) in [6.07, 6.45) is -0.725. The molecule has 0 spiro atoms. The summed E-state index contributed by atoms with van der Waals surface area (Å²) in [5.41, 5.74) is 0.844. The fourth-order valence-corrected chi connectivity index (χ4v) is 1.97. The van der Waals surface area contributed by atoms with Crippen molar-refractivity contribution in [3.63, 3.8) is 0 Å². The average molecular weight is 264 g/mol. The van der Waals surface area contributed by atoms with Gasteiger partial charge in [-0.05, 0) is 5.56 Å². The molecule has 6 nitrogen and oxygen atoms in total. The van der Waals surface area contributed by atoms with Crippen LogP contribution in [0.3, 0.4) is 0 Å². The summed E-state index contributed by atoms with van der Waals surface area (Å²) in [7, 11) is 1.58. The molecule has 6 heteroatoms. The zero-order valence-corrected chi connectivity index (χ0v) is 10.7. The number of rotatable bonds is 3. The van der Waals surface area contributed by atoms with Crippen LogP contribution in [0.5, 0.6) is 0 Å². The summed E-state index contributed by atoms with van der Waals surface area (Å²) in [6, 6.07) is 8.22. The molecular weight excluding hydrogens is 248 g/mol. The van der Waals surface area contributed by atoms with Crippen molar-refractivity contribution in [3.8, 4) is 0 Å². The van der Waals surface area contributed by atoms with E-state index >= 15 is 0 Å². The SMILES string of the molecule is CN1C[C@@H](CO)N(C(=O)OCc2ccccc2)C1=O. The van der Waals surface area contributed by atoms with Gasteiger partial charge in [0.1, 0.15) is 6.61 Å². The van der Waals surface area contributed by atoms with E-state index in [1.54, 1.807) is 7.05 Å². The summed E-state index contributed by atoms with van der Waals surface area (Å²) < 4.78 is 5.09. The largest absolute Gasteiger partial charge is 0.444 e. The minimum Gasteiger partial charge on any atom is -0.444 e. The molecule has 2 rings (SSSR count). The molecule has 1 atom stereocenters. The average Bonchev–Trinajstić information content (AvgIpc) is 2.73. The number of hydrogen-bond acceptors (Lipinski definition) is 4. The Labute approximate surface area is 111 Å². The first kappa shape index (κ1) is 13.4. The molecule has 1 fully saturated rings. The maximum absolute atomic E-state index is 11.9. The number of amides is 3. The molecule has 1 aliphatic heterocycles. The van der Waals surface area contributed by atoms with Gasteiger partial charge in [-0.25, -0.2) is 14.5 Å². The van der Waals surface area contributed by atoms with Gasteiger partial charge in [0.2, 0.25) is 0 Å². The first-order valence-electron chi connectivity index (χ1n) is 5.99. The van der Waals surface area contributed by atoms with Gasteiger partial charge in [0, 0.05) is 13.6 Å². The first-order valence-corrected chi connectivity index (χ1v) is 5.99. The van der Waals surface area contributed by atoms with Gasteiger partial charge in [-0.15, -0.1) is 0 Å². The van der Waals surface area contributed by atoms with E-state index in [2.05, 4.69) is 0 Å². The lowest BCUT2D eigenvalue weighted by Gasteiger charge is -2.18. The molecule has 1 saturated heterocycles. The van der Waals surface area contributed by atoms with Gasteiger partial charge >= 0.3 is 12.1 Å². The summed E-state index contributed by atoms with van der Waals surface area (Å²) >= 11 is 0. The Kier molecular flexibility index (Phi) is 4.01. The van der Waals surface area contributed by atoms with Crippen molar-refractivity contribution in [2.45, 2.75) is 12.6 Å². The van der Waals surface area contributed by atoms with E-state index < -0.39 is 18.2 Å². The van der Waals surface area contributed by atoms with Crippen LogP contribution < -0.4 is 0 Å². The van der Waals surface area contributed by atoms with Gasteiger partial charge < -0.3 is 14.7 Å². The monoisotopic (exact) mass is 264 g/mol. The fourth-order valence-electron chi connectivity index (χ4n) is 1.97. The standard InChI is InChI=1S/C13H16N2O4/c1-14-7-11(8-16)15(12(14)17)13(18)19-9-10-5-3-2-4-6-10/h2-6,11,16H,7-9H2,1H3/t11-/m0/s1. The highest BCUT2D eigenvalue weighted by molar-refractivity contribution is 5.93. The Bertz CT molecular complexity index is 463. The van der Waals surface area contributed by atoms with Crippen molar-refractivity contribution >= 4 is 12.1 Å². The van der Waals surface area contributed by atoms with Crippen molar-refractivity contribution in [2.24, 2.45) is 0 Å². The maximum Gasteiger partial charge on any atom is 0.418 e. The minimum atomic E-state index is -0.725. The third-order valence-corrected chi connectivity index (χ3v) is 2.99. The number of benzene rings is 1. The number of aliphatic hydroxyl groups excluding tert-OH is 1. The van der Waals surface area contributed by atoms with Crippen LogP contribution in [0.4, 0.5) is 9.59 Å². The third kappa shape index (κ3) is 2.85. The highest BCUT2D eigenvalue weighted by Gasteiger charge is 2.40. The molecule has 1 aliphatic rings. The number of imide groups is 1. The van der Waals surface area contributed by atoms with Crippen LogP contribution in [0, 0.1) is 0 Å². The number of carbonyl (C=O) groups excluding carboxylic acids is 2. The Morgan fingerprint density at radius 3 is 2.74 bits per heavy atom. The number of hydrogen-bond donors (Lipinski definition) is 1. The summed E-state index contributed by atoms with van der Waals surface area (Å²) in [5, 5.41) is 9.18. The van der Waals surface area contributed by atoms with Gasteiger partial charge in [0.05, 0.1) is 12.6 Å². The maximum atomic E-state index is 11.9. The number of ether oxygens (including phenoxy) is 1. The molecule has 1 aromatic rings. The van der Waals surface area contributed by atoms with Crippen LogP contribution in [-0.4, -0.2) is 53.3 Å².